The van der Waals surface area contributed by atoms with Crippen molar-refractivity contribution in [3.05, 3.63) is 72.2 Å². The van der Waals surface area contributed by atoms with Gasteiger partial charge in [-0.25, -0.2) is 0 Å². The Balaban J connectivity index is 1.59. The van der Waals surface area contributed by atoms with Gasteiger partial charge in [-0.05, 0) is 31.0 Å². The Kier molecular flexibility index (Phi) is 5.26. The molecule has 0 spiro atoms. The highest BCUT2D eigenvalue weighted by Gasteiger charge is 2.67. The lowest BCUT2D eigenvalue weighted by Crippen LogP contribution is -2.31. The standard InChI is InChI=1S/C21H22O5/c1-3-16-13-21(16,19(22)24-4-2)20(23)25-14-18-11-10-17(26-18)12-15-8-6-5-7-9-15/h3,5-11,16H,1,4,12-14H2,2H3. The van der Waals surface area contributed by atoms with Crippen molar-refractivity contribution in [2.75, 3.05) is 6.61 Å². The molecule has 5 heteroatoms. The van der Waals surface area contributed by atoms with Gasteiger partial charge in [0.05, 0.1) is 6.61 Å². The zero-order valence-electron chi connectivity index (χ0n) is 14.8. The fourth-order valence-electron chi connectivity index (χ4n) is 3.04. The fourth-order valence-corrected chi connectivity index (χ4v) is 3.04. The van der Waals surface area contributed by atoms with Gasteiger partial charge in [-0.15, -0.1) is 6.58 Å². The molecule has 1 heterocycles. The molecule has 1 fully saturated rings. The van der Waals surface area contributed by atoms with Crippen LogP contribution in [0.15, 0.2) is 59.5 Å². The van der Waals surface area contributed by atoms with Crippen LogP contribution < -0.4 is 0 Å². The molecule has 0 aliphatic heterocycles. The largest absolute Gasteiger partial charge is 0.465 e. The van der Waals surface area contributed by atoms with Crippen LogP contribution in [0.4, 0.5) is 0 Å². The number of hydrogen-bond donors (Lipinski definition) is 0. The average Bonchev–Trinajstić information content (AvgIpc) is 3.26. The second-order valence-corrected chi connectivity index (χ2v) is 6.34. The molecule has 1 saturated carbocycles. The maximum Gasteiger partial charge on any atom is 0.324 e. The molecule has 1 aromatic heterocycles. The van der Waals surface area contributed by atoms with Crippen molar-refractivity contribution >= 4 is 11.9 Å². The molecular weight excluding hydrogens is 332 g/mol. The van der Waals surface area contributed by atoms with Gasteiger partial charge >= 0.3 is 11.9 Å². The van der Waals surface area contributed by atoms with Crippen molar-refractivity contribution in [2.45, 2.75) is 26.4 Å². The van der Waals surface area contributed by atoms with Crippen LogP contribution in [0.25, 0.3) is 0 Å². The maximum absolute atomic E-state index is 12.5. The van der Waals surface area contributed by atoms with Gasteiger partial charge < -0.3 is 13.9 Å². The molecule has 0 amide bonds. The topological polar surface area (TPSA) is 65.7 Å². The monoisotopic (exact) mass is 354 g/mol. The Morgan fingerprint density at radius 3 is 2.50 bits per heavy atom. The van der Waals surface area contributed by atoms with E-state index in [9.17, 15) is 9.59 Å². The van der Waals surface area contributed by atoms with Gasteiger partial charge in [0.25, 0.3) is 0 Å². The smallest absolute Gasteiger partial charge is 0.324 e. The van der Waals surface area contributed by atoms with Gasteiger partial charge in [-0.3, -0.25) is 9.59 Å². The van der Waals surface area contributed by atoms with Gasteiger partial charge in [0, 0.05) is 12.3 Å². The third kappa shape index (κ3) is 3.57. The summed E-state index contributed by atoms with van der Waals surface area (Å²) in [5, 5.41) is 0. The number of ether oxygens (including phenoxy) is 2. The number of allylic oxidation sites excluding steroid dienone is 1. The molecular formula is C21H22O5. The molecule has 2 unspecified atom stereocenters. The third-order valence-corrected chi connectivity index (χ3v) is 4.59. The number of hydrogen-bond acceptors (Lipinski definition) is 5. The summed E-state index contributed by atoms with van der Waals surface area (Å²) in [6, 6.07) is 13.6. The minimum atomic E-state index is -1.24. The van der Waals surface area contributed by atoms with E-state index in [0.29, 0.717) is 18.6 Å². The molecule has 26 heavy (non-hydrogen) atoms. The molecule has 1 aromatic carbocycles. The molecule has 2 atom stereocenters. The van der Waals surface area contributed by atoms with Gasteiger partial charge in [-0.1, -0.05) is 36.4 Å². The van der Waals surface area contributed by atoms with Crippen LogP contribution in [0.5, 0.6) is 0 Å². The summed E-state index contributed by atoms with van der Waals surface area (Å²) in [6.07, 6.45) is 2.65. The first-order valence-corrected chi connectivity index (χ1v) is 8.68. The zero-order chi connectivity index (χ0) is 18.6. The van der Waals surface area contributed by atoms with E-state index in [-0.39, 0.29) is 19.1 Å². The molecule has 3 rings (SSSR count). The lowest BCUT2D eigenvalue weighted by molar-refractivity contribution is -0.166. The Hall–Kier alpha value is -2.82. The van der Waals surface area contributed by atoms with Crippen LogP contribution in [-0.4, -0.2) is 18.5 Å². The summed E-state index contributed by atoms with van der Waals surface area (Å²) < 4.78 is 16.1. The van der Waals surface area contributed by atoms with E-state index in [0.717, 1.165) is 11.3 Å². The van der Waals surface area contributed by atoms with E-state index in [1.54, 1.807) is 19.1 Å². The van der Waals surface area contributed by atoms with Crippen molar-refractivity contribution in [2.24, 2.45) is 11.3 Å². The van der Waals surface area contributed by atoms with E-state index < -0.39 is 17.4 Å². The predicted molar refractivity (Wildman–Crippen MR) is 95.1 cm³/mol. The molecule has 1 aliphatic carbocycles. The Morgan fingerprint density at radius 1 is 1.15 bits per heavy atom. The highest BCUT2D eigenvalue weighted by Crippen LogP contribution is 2.55. The van der Waals surface area contributed by atoms with E-state index in [2.05, 4.69) is 6.58 Å². The first kappa shape index (κ1) is 18.0. The highest BCUT2D eigenvalue weighted by molar-refractivity contribution is 6.04. The number of furan rings is 1. The second kappa shape index (κ2) is 7.60. The summed E-state index contributed by atoms with van der Waals surface area (Å²) >= 11 is 0. The molecule has 1 aliphatic rings. The first-order chi connectivity index (χ1) is 12.6. The van der Waals surface area contributed by atoms with E-state index in [1.165, 1.54) is 0 Å². The van der Waals surface area contributed by atoms with E-state index >= 15 is 0 Å². The summed E-state index contributed by atoms with van der Waals surface area (Å²) in [5.74, 6) is -0.0305. The number of carbonyl (C=O) groups is 2. The lowest BCUT2D eigenvalue weighted by Gasteiger charge is -2.13. The Bertz CT molecular complexity index is 792. The van der Waals surface area contributed by atoms with Crippen molar-refractivity contribution in [1.82, 2.24) is 0 Å². The normalized spacial score (nSPS) is 21.0. The fraction of sp³-hybridized carbons (Fsp3) is 0.333. The van der Waals surface area contributed by atoms with Crippen LogP contribution in [0.2, 0.25) is 0 Å². The highest BCUT2D eigenvalue weighted by atomic mass is 16.6. The summed E-state index contributed by atoms with van der Waals surface area (Å²) in [6.45, 7) is 5.58. The molecule has 136 valence electrons. The third-order valence-electron chi connectivity index (χ3n) is 4.59. The first-order valence-electron chi connectivity index (χ1n) is 8.68. The van der Waals surface area contributed by atoms with E-state index in [1.807, 2.05) is 36.4 Å². The number of carbonyl (C=O) groups excluding carboxylic acids is 2. The minimum Gasteiger partial charge on any atom is -0.465 e. The van der Waals surface area contributed by atoms with Crippen molar-refractivity contribution in [3.63, 3.8) is 0 Å². The van der Waals surface area contributed by atoms with Gasteiger partial charge in [0.2, 0.25) is 0 Å². The molecule has 0 saturated heterocycles. The van der Waals surface area contributed by atoms with Crippen LogP contribution in [0, 0.1) is 11.3 Å². The molecule has 0 radical (unpaired) electrons. The maximum atomic E-state index is 12.5. The van der Waals surface area contributed by atoms with Crippen molar-refractivity contribution < 1.29 is 23.5 Å². The SMILES string of the molecule is C=CC1CC1(C(=O)OCC)C(=O)OCc1ccc(Cc2ccccc2)o1. The van der Waals surface area contributed by atoms with Crippen LogP contribution in [-0.2, 0) is 32.1 Å². The zero-order valence-corrected chi connectivity index (χ0v) is 14.8. The quantitative estimate of drug-likeness (QED) is 0.411. The van der Waals surface area contributed by atoms with Crippen LogP contribution >= 0.6 is 0 Å². The molecule has 5 nitrogen and oxygen atoms in total. The molecule has 2 aromatic rings. The molecule has 0 bridgehead atoms. The predicted octanol–water partition coefficient (Wildman–Crippen LogP) is 3.67. The van der Waals surface area contributed by atoms with Gasteiger partial charge in [0.1, 0.15) is 18.1 Å². The Labute approximate surface area is 152 Å². The Morgan fingerprint density at radius 2 is 1.85 bits per heavy atom. The summed E-state index contributed by atoms with van der Waals surface area (Å²) in [4.78, 5) is 24.6. The lowest BCUT2D eigenvalue weighted by atomic mass is 10.0. The number of esters is 2. The van der Waals surface area contributed by atoms with Crippen molar-refractivity contribution in [1.29, 1.82) is 0 Å². The van der Waals surface area contributed by atoms with Crippen molar-refractivity contribution in [3.8, 4) is 0 Å². The average molecular weight is 354 g/mol. The van der Waals surface area contributed by atoms with Gasteiger partial charge in [0.15, 0.2) is 5.41 Å². The number of rotatable bonds is 8. The summed E-state index contributed by atoms with van der Waals surface area (Å²) in [5.41, 5.74) is -0.101. The minimum absolute atomic E-state index is 0.0152. The van der Waals surface area contributed by atoms with Crippen LogP contribution in [0.3, 0.4) is 0 Å². The second-order valence-electron chi connectivity index (χ2n) is 6.34. The number of benzene rings is 1. The van der Waals surface area contributed by atoms with Gasteiger partial charge in [-0.2, -0.15) is 0 Å². The van der Waals surface area contributed by atoms with E-state index in [4.69, 9.17) is 13.9 Å². The summed E-state index contributed by atoms with van der Waals surface area (Å²) in [7, 11) is 0. The molecule has 0 N–H and O–H groups in total. The van der Waals surface area contributed by atoms with Crippen LogP contribution in [0.1, 0.15) is 30.4 Å².